The van der Waals surface area contributed by atoms with Crippen LogP contribution in [-0.4, -0.2) is 13.2 Å². The van der Waals surface area contributed by atoms with Crippen LogP contribution in [0, 0.1) is 0 Å². The molecule has 1 heterocycles. The molecule has 4 heteroatoms. The number of nitrogens with one attached hydrogen (secondary N) is 1. The number of hydrogen-bond donors (Lipinski definition) is 1. The van der Waals surface area contributed by atoms with Gasteiger partial charge in [-0.3, -0.25) is 0 Å². The van der Waals surface area contributed by atoms with Crippen molar-refractivity contribution in [3.8, 4) is 5.75 Å². The van der Waals surface area contributed by atoms with Gasteiger partial charge in [-0.1, -0.05) is 19.1 Å². The second-order valence-electron chi connectivity index (χ2n) is 4.55. The van der Waals surface area contributed by atoms with Gasteiger partial charge in [0.2, 0.25) is 0 Å². The molecule has 0 spiro atoms. The number of halogens is 1. The van der Waals surface area contributed by atoms with Gasteiger partial charge in [0.15, 0.2) is 0 Å². The van der Waals surface area contributed by atoms with Crippen LogP contribution >= 0.6 is 27.3 Å². The minimum absolute atomic E-state index is 0.348. The lowest BCUT2D eigenvalue weighted by molar-refractivity contribution is 0.340. The predicted molar refractivity (Wildman–Crippen MR) is 89.8 cm³/mol. The van der Waals surface area contributed by atoms with E-state index in [0.29, 0.717) is 12.6 Å². The smallest absolute Gasteiger partial charge is 0.119 e. The van der Waals surface area contributed by atoms with Crippen molar-refractivity contribution in [2.45, 2.75) is 26.3 Å². The van der Waals surface area contributed by atoms with Gasteiger partial charge in [0.05, 0.1) is 6.61 Å². The Morgan fingerprint density at radius 2 is 2.00 bits per heavy atom. The van der Waals surface area contributed by atoms with Gasteiger partial charge in [-0.05, 0) is 53.2 Å². The summed E-state index contributed by atoms with van der Waals surface area (Å²) >= 11 is 5.32. The first-order chi connectivity index (χ1) is 9.72. The molecule has 1 aromatic carbocycles. The molecule has 1 aromatic heterocycles. The molecule has 20 heavy (non-hydrogen) atoms. The first-order valence-corrected chi connectivity index (χ1v) is 8.59. The normalized spacial score (nSPS) is 12.3. The number of thiophene rings is 1. The third-order valence-corrected chi connectivity index (χ3v) is 4.79. The number of hydrogen-bond acceptors (Lipinski definition) is 3. The number of rotatable bonds is 7. The fourth-order valence-corrected chi connectivity index (χ4v) is 3.68. The van der Waals surface area contributed by atoms with Gasteiger partial charge in [0, 0.05) is 27.2 Å². The first kappa shape index (κ1) is 15.5. The summed E-state index contributed by atoms with van der Waals surface area (Å²) in [6, 6.07) is 11.0. The minimum atomic E-state index is 0.348. The molecule has 0 aliphatic carbocycles. The van der Waals surface area contributed by atoms with Gasteiger partial charge < -0.3 is 10.1 Å². The van der Waals surface area contributed by atoms with E-state index in [1.807, 2.05) is 19.1 Å². The Balaban J connectivity index is 2.10. The van der Waals surface area contributed by atoms with Crippen LogP contribution in [0.25, 0.3) is 0 Å². The summed E-state index contributed by atoms with van der Waals surface area (Å²) in [6.45, 7) is 5.82. The molecule has 0 aliphatic heterocycles. The summed E-state index contributed by atoms with van der Waals surface area (Å²) in [5, 5.41) is 5.69. The molecule has 2 rings (SSSR count). The Kier molecular flexibility index (Phi) is 6.07. The van der Waals surface area contributed by atoms with Gasteiger partial charge in [-0.25, -0.2) is 0 Å². The zero-order chi connectivity index (χ0) is 14.4. The summed E-state index contributed by atoms with van der Waals surface area (Å²) in [4.78, 5) is 1.39. The molecule has 1 unspecified atom stereocenters. The summed E-state index contributed by atoms with van der Waals surface area (Å²) in [7, 11) is 0. The van der Waals surface area contributed by atoms with Crippen molar-refractivity contribution in [3.63, 3.8) is 0 Å². The molecule has 0 amide bonds. The van der Waals surface area contributed by atoms with Gasteiger partial charge in [-0.15, -0.1) is 11.3 Å². The van der Waals surface area contributed by atoms with Crippen LogP contribution < -0.4 is 10.1 Å². The topological polar surface area (TPSA) is 21.3 Å². The van der Waals surface area contributed by atoms with E-state index in [4.69, 9.17) is 4.74 Å². The monoisotopic (exact) mass is 353 g/mol. The van der Waals surface area contributed by atoms with E-state index in [9.17, 15) is 0 Å². The Labute approximate surface area is 133 Å². The summed E-state index contributed by atoms with van der Waals surface area (Å²) in [5.41, 5.74) is 1.31. The Bertz CT molecular complexity index is 524. The van der Waals surface area contributed by atoms with E-state index in [1.54, 1.807) is 11.3 Å². The van der Waals surface area contributed by atoms with E-state index in [2.05, 4.69) is 51.7 Å². The fraction of sp³-hybridized carbons (Fsp3) is 0.375. The third-order valence-electron chi connectivity index (χ3n) is 3.07. The van der Waals surface area contributed by atoms with E-state index in [1.165, 1.54) is 14.9 Å². The summed E-state index contributed by atoms with van der Waals surface area (Å²) in [6.07, 6.45) is 1.01. The number of likely N-dealkylation sites (N-methyl/N-ethyl adjacent to an activating group) is 1. The van der Waals surface area contributed by atoms with Crippen molar-refractivity contribution in [1.82, 2.24) is 5.32 Å². The van der Waals surface area contributed by atoms with Crippen LogP contribution in [0.4, 0.5) is 0 Å². The fourth-order valence-electron chi connectivity index (χ4n) is 2.18. The largest absolute Gasteiger partial charge is 0.494 e. The maximum atomic E-state index is 5.50. The van der Waals surface area contributed by atoms with Gasteiger partial charge in [-0.2, -0.15) is 0 Å². The molecule has 0 bridgehead atoms. The zero-order valence-electron chi connectivity index (χ0n) is 11.9. The highest BCUT2D eigenvalue weighted by Gasteiger charge is 2.12. The zero-order valence-corrected chi connectivity index (χ0v) is 14.3. The SMILES string of the molecule is CCNC(Cc1cc(Br)cs1)c1ccc(OCC)cc1. The van der Waals surface area contributed by atoms with Crippen molar-refractivity contribution in [3.05, 3.63) is 50.6 Å². The van der Waals surface area contributed by atoms with Gasteiger partial charge in [0.25, 0.3) is 0 Å². The second-order valence-corrected chi connectivity index (χ2v) is 6.46. The quantitative estimate of drug-likeness (QED) is 0.771. The van der Waals surface area contributed by atoms with Crippen LogP contribution in [0.15, 0.2) is 40.2 Å². The number of ether oxygens (including phenoxy) is 1. The van der Waals surface area contributed by atoms with Crippen LogP contribution in [0.1, 0.15) is 30.3 Å². The van der Waals surface area contributed by atoms with Crippen molar-refractivity contribution in [1.29, 1.82) is 0 Å². The first-order valence-electron chi connectivity index (χ1n) is 6.92. The molecule has 0 fully saturated rings. The molecule has 1 atom stereocenters. The highest BCUT2D eigenvalue weighted by molar-refractivity contribution is 9.10. The average molecular weight is 354 g/mol. The predicted octanol–water partition coefficient (Wildman–Crippen LogP) is 4.80. The van der Waals surface area contributed by atoms with Gasteiger partial charge >= 0.3 is 0 Å². The molecule has 108 valence electrons. The van der Waals surface area contributed by atoms with Crippen molar-refractivity contribution >= 4 is 27.3 Å². The highest BCUT2D eigenvalue weighted by Crippen LogP contribution is 2.26. The number of benzene rings is 1. The molecule has 0 saturated carbocycles. The summed E-state index contributed by atoms with van der Waals surface area (Å²) in [5.74, 6) is 0.936. The van der Waals surface area contributed by atoms with Crippen LogP contribution in [0.2, 0.25) is 0 Å². The molecule has 2 aromatic rings. The third kappa shape index (κ3) is 4.33. The Hall–Kier alpha value is -0.840. The van der Waals surface area contributed by atoms with E-state index in [0.717, 1.165) is 18.7 Å². The highest BCUT2D eigenvalue weighted by atomic mass is 79.9. The van der Waals surface area contributed by atoms with Crippen molar-refractivity contribution in [2.24, 2.45) is 0 Å². The molecule has 1 N–H and O–H groups in total. The van der Waals surface area contributed by atoms with Crippen molar-refractivity contribution in [2.75, 3.05) is 13.2 Å². The minimum Gasteiger partial charge on any atom is -0.494 e. The van der Waals surface area contributed by atoms with Gasteiger partial charge in [0.1, 0.15) is 5.75 Å². The lowest BCUT2D eigenvalue weighted by atomic mass is 10.0. The standard InChI is InChI=1S/C16H20BrNOS/c1-3-18-16(10-15-9-13(17)11-20-15)12-5-7-14(8-6-12)19-4-2/h5-9,11,16,18H,3-4,10H2,1-2H3. The van der Waals surface area contributed by atoms with E-state index < -0.39 is 0 Å². The molecule has 0 aliphatic rings. The second kappa shape index (κ2) is 7.81. The lowest BCUT2D eigenvalue weighted by Gasteiger charge is -2.18. The molecular formula is C16H20BrNOS. The van der Waals surface area contributed by atoms with Crippen molar-refractivity contribution < 1.29 is 4.74 Å². The van der Waals surface area contributed by atoms with E-state index >= 15 is 0 Å². The molecule has 0 saturated heterocycles. The molecular weight excluding hydrogens is 334 g/mol. The Morgan fingerprint density at radius 1 is 1.25 bits per heavy atom. The van der Waals surface area contributed by atoms with Crippen LogP contribution in [0.3, 0.4) is 0 Å². The Morgan fingerprint density at radius 3 is 2.55 bits per heavy atom. The van der Waals surface area contributed by atoms with Crippen LogP contribution in [-0.2, 0) is 6.42 Å². The lowest BCUT2D eigenvalue weighted by Crippen LogP contribution is -2.22. The maximum absolute atomic E-state index is 5.50. The summed E-state index contributed by atoms with van der Waals surface area (Å²) < 4.78 is 6.66. The molecule has 0 radical (unpaired) electrons. The average Bonchev–Trinajstić information content (AvgIpc) is 2.85. The molecule has 2 nitrogen and oxygen atoms in total. The van der Waals surface area contributed by atoms with E-state index in [-0.39, 0.29) is 0 Å². The van der Waals surface area contributed by atoms with Crippen LogP contribution in [0.5, 0.6) is 5.75 Å². The maximum Gasteiger partial charge on any atom is 0.119 e.